The number of benzene rings is 1. The summed E-state index contributed by atoms with van der Waals surface area (Å²) < 4.78 is 0. The topological polar surface area (TPSA) is 64.3 Å². The van der Waals surface area contributed by atoms with Crippen molar-refractivity contribution in [2.45, 2.75) is 19.3 Å². The molecule has 15 heavy (non-hydrogen) atoms. The van der Waals surface area contributed by atoms with E-state index in [-0.39, 0.29) is 5.91 Å². The number of nitrogens with two attached hydrogens (primary N) is 1. The molecule has 3 N–H and O–H groups in total. The summed E-state index contributed by atoms with van der Waals surface area (Å²) in [5.74, 6) is 5.06. The predicted octanol–water partition coefficient (Wildman–Crippen LogP) is 1.00. The van der Waals surface area contributed by atoms with Crippen molar-refractivity contribution in [2.24, 2.45) is 5.90 Å². The maximum atomic E-state index is 11.2. The first-order valence-electron chi connectivity index (χ1n) is 5.03. The van der Waals surface area contributed by atoms with Crippen molar-refractivity contribution in [2.75, 3.05) is 11.9 Å². The van der Waals surface area contributed by atoms with Gasteiger partial charge in [0.25, 0.3) is 0 Å². The van der Waals surface area contributed by atoms with Crippen molar-refractivity contribution < 1.29 is 9.63 Å². The van der Waals surface area contributed by atoms with E-state index in [1.54, 1.807) is 0 Å². The van der Waals surface area contributed by atoms with E-state index in [9.17, 15) is 4.79 Å². The summed E-state index contributed by atoms with van der Waals surface area (Å²) in [6, 6.07) is 6.10. The van der Waals surface area contributed by atoms with Crippen LogP contribution in [0, 0.1) is 0 Å². The Morgan fingerprint density at radius 3 is 3.07 bits per heavy atom. The van der Waals surface area contributed by atoms with Gasteiger partial charge >= 0.3 is 0 Å². The molecular formula is C11H14N2O2. The van der Waals surface area contributed by atoms with Gasteiger partial charge in [0.15, 0.2) is 0 Å². The van der Waals surface area contributed by atoms with Crippen LogP contribution in [0.2, 0.25) is 0 Å². The molecule has 1 aliphatic rings. The molecule has 0 fully saturated rings. The minimum atomic E-state index is 0.0923. The van der Waals surface area contributed by atoms with Crippen molar-refractivity contribution in [1.29, 1.82) is 0 Å². The molecule has 2 rings (SSSR count). The van der Waals surface area contributed by atoms with Crippen molar-refractivity contribution in [3.05, 3.63) is 29.3 Å². The highest BCUT2D eigenvalue weighted by Gasteiger charge is 2.14. The van der Waals surface area contributed by atoms with E-state index >= 15 is 0 Å². The zero-order valence-electron chi connectivity index (χ0n) is 8.45. The number of carbonyl (C=O) groups is 1. The summed E-state index contributed by atoms with van der Waals surface area (Å²) in [5, 5.41) is 2.87. The normalized spacial score (nSPS) is 14.6. The highest BCUT2D eigenvalue weighted by molar-refractivity contribution is 5.93. The Bertz CT molecular complexity index is 377. The first-order valence-corrected chi connectivity index (χ1v) is 5.03. The zero-order valence-corrected chi connectivity index (χ0v) is 8.45. The number of anilines is 1. The second-order valence-corrected chi connectivity index (χ2v) is 3.66. The third kappa shape index (κ3) is 2.34. The molecule has 1 aromatic rings. The fourth-order valence-corrected chi connectivity index (χ4v) is 1.75. The van der Waals surface area contributed by atoms with Crippen molar-refractivity contribution in [1.82, 2.24) is 0 Å². The highest BCUT2D eigenvalue weighted by Crippen LogP contribution is 2.23. The Hall–Kier alpha value is -1.39. The van der Waals surface area contributed by atoms with Gasteiger partial charge in [0.2, 0.25) is 5.91 Å². The highest BCUT2D eigenvalue weighted by atomic mass is 16.6. The average molecular weight is 206 g/mol. The van der Waals surface area contributed by atoms with Gasteiger partial charge in [-0.05, 0) is 30.0 Å². The molecule has 0 saturated heterocycles. The minimum absolute atomic E-state index is 0.0923. The number of hydrogen-bond donors (Lipinski definition) is 2. The minimum Gasteiger partial charge on any atom is -0.326 e. The van der Waals surface area contributed by atoms with Gasteiger partial charge in [-0.1, -0.05) is 12.1 Å². The average Bonchev–Trinajstić information content (AvgIpc) is 2.25. The van der Waals surface area contributed by atoms with Crippen LogP contribution >= 0.6 is 0 Å². The van der Waals surface area contributed by atoms with Gasteiger partial charge in [0.1, 0.15) is 0 Å². The molecule has 0 aliphatic carbocycles. The summed E-state index contributed by atoms with van der Waals surface area (Å²) in [7, 11) is 0. The first kappa shape index (κ1) is 10.1. The smallest absolute Gasteiger partial charge is 0.224 e. The summed E-state index contributed by atoms with van der Waals surface area (Å²) in [5.41, 5.74) is 3.26. The number of fused-ring (bicyclic) bond motifs is 1. The summed E-state index contributed by atoms with van der Waals surface area (Å²) in [6.45, 7) is 0.493. The van der Waals surface area contributed by atoms with E-state index in [1.165, 1.54) is 5.56 Å². The summed E-state index contributed by atoms with van der Waals surface area (Å²) >= 11 is 0. The fraction of sp³-hybridized carbons (Fsp3) is 0.364. The van der Waals surface area contributed by atoms with Gasteiger partial charge in [-0.25, -0.2) is 5.90 Å². The molecule has 1 aromatic carbocycles. The van der Waals surface area contributed by atoms with Crippen LogP contribution < -0.4 is 11.2 Å². The molecule has 4 heteroatoms. The second kappa shape index (κ2) is 4.42. The number of amides is 1. The van der Waals surface area contributed by atoms with Gasteiger partial charge in [-0.2, -0.15) is 0 Å². The number of rotatable bonds is 3. The van der Waals surface area contributed by atoms with Crippen LogP contribution in [-0.2, 0) is 22.5 Å². The van der Waals surface area contributed by atoms with Crippen LogP contribution in [0.5, 0.6) is 0 Å². The van der Waals surface area contributed by atoms with Gasteiger partial charge in [0, 0.05) is 12.1 Å². The molecule has 1 aliphatic heterocycles. The Kier molecular flexibility index (Phi) is 2.99. The first-order chi connectivity index (χ1) is 7.29. The lowest BCUT2D eigenvalue weighted by atomic mass is 10.00. The zero-order chi connectivity index (χ0) is 10.7. The predicted molar refractivity (Wildman–Crippen MR) is 57.2 cm³/mol. The lowest BCUT2D eigenvalue weighted by molar-refractivity contribution is -0.116. The second-order valence-electron chi connectivity index (χ2n) is 3.66. The third-order valence-electron chi connectivity index (χ3n) is 2.58. The largest absolute Gasteiger partial charge is 0.326 e. The van der Waals surface area contributed by atoms with E-state index < -0.39 is 0 Å². The molecular weight excluding hydrogens is 192 g/mol. The Morgan fingerprint density at radius 1 is 1.40 bits per heavy atom. The van der Waals surface area contributed by atoms with Crippen LogP contribution in [0.4, 0.5) is 5.69 Å². The molecule has 0 radical (unpaired) electrons. The fourth-order valence-electron chi connectivity index (χ4n) is 1.75. The van der Waals surface area contributed by atoms with Gasteiger partial charge in [0.05, 0.1) is 6.61 Å². The standard InChI is InChI=1S/C11H14N2O2/c12-15-6-5-8-1-2-9-3-4-11(14)13-10(9)7-8/h1-2,7H,3-6,12H2,(H,13,14). The van der Waals surface area contributed by atoms with E-state index in [4.69, 9.17) is 5.90 Å². The molecule has 4 nitrogen and oxygen atoms in total. The van der Waals surface area contributed by atoms with Gasteiger partial charge in [-0.15, -0.1) is 0 Å². The molecule has 0 bridgehead atoms. The molecule has 80 valence electrons. The van der Waals surface area contributed by atoms with E-state index in [0.29, 0.717) is 13.0 Å². The Labute approximate surface area is 88.4 Å². The lowest BCUT2D eigenvalue weighted by Gasteiger charge is -2.17. The number of carbonyl (C=O) groups excluding carboxylic acids is 1. The van der Waals surface area contributed by atoms with Crippen molar-refractivity contribution >= 4 is 11.6 Å². The maximum absolute atomic E-state index is 11.2. The third-order valence-corrected chi connectivity index (χ3v) is 2.58. The van der Waals surface area contributed by atoms with Crippen LogP contribution in [0.15, 0.2) is 18.2 Å². The van der Waals surface area contributed by atoms with Crippen LogP contribution in [0.25, 0.3) is 0 Å². The lowest BCUT2D eigenvalue weighted by Crippen LogP contribution is -2.19. The van der Waals surface area contributed by atoms with E-state index in [1.807, 2.05) is 6.07 Å². The van der Waals surface area contributed by atoms with E-state index in [2.05, 4.69) is 22.3 Å². The molecule has 1 amide bonds. The van der Waals surface area contributed by atoms with Gasteiger partial charge < -0.3 is 10.2 Å². The quantitative estimate of drug-likeness (QED) is 0.725. The molecule has 0 saturated carbocycles. The summed E-state index contributed by atoms with van der Waals surface area (Å²) in [4.78, 5) is 15.7. The van der Waals surface area contributed by atoms with E-state index in [0.717, 1.165) is 24.1 Å². The molecule has 0 spiro atoms. The molecule has 0 unspecified atom stereocenters. The van der Waals surface area contributed by atoms with Crippen molar-refractivity contribution in [3.8, 4) is 0 Å². The van der Waals surface area contributed by atoms with Gasteiger partial charge in [-0.3, -0.25) is 4.79 Å². The number of nitrogens with one attached hydrogen (secondary N) is 1. The van der Waals surface area contributed by atoms with Crippen LogP contribution in [0.3, 0.4) is 0 Å². The maximum Gasteiger partial charge on any atom is 0.224 e. The summed E-state index contributed by atoms with van der Waals surface area (Å²) in [6.07, 6.45) is 2.17. The molecule has 0 atom stereocenters. The Morgan fingerprint density at radius 2 is 2.27 bits per heavy atom. The number of hydrogen-bond acceptors (Lipinski definition) is 3. The molecule has 0 aromatic heterocycles. The van der Waals surface area contributed by atoms with Crippen LogP contribution in [-0.4, -0.2) is 12.5 Å². The number of aryl methyl sites for hydroxylation is 1. The molecule has 1 heterocycles. The monoisotopic (exact) mass is 206 g/mol. The Balaban J connectivity index is 2.17. The van der Waals surface area contributed by atoms with Crippen LogP contribution in [0.1, 0.15) is 17.5 Å². The SMILES string of the molecule is NOCCc1ccc2c(c1)NC(=O)CC2. The van der Waals surface area contributed by atoms with Crippen molar-refractivity contribution in [3.63, 3.8) is 0 Å².